The maximum absolute atomic E-state index is 14.3. The minimum absolute atomic E-state index is 0.119. The van der Waals surface area contributed by atoms with Crippen LogP contribution in [0.2, 0.25) is 0 Å². The maximum atomic E-state index is 14.3. The van der Waals surface area contributed by atoms with E-state index in [2.05, 4.69) is 15.6 Å². The van der Waals surface area contributed by atoms with Crippen molar-refractivity contribution in [1.29, 1.82) is 0 Å². The van der Waals surface area contributed by atoms with Gasteiger partial charge in [0.05, 0.1) is 0 Å². The zero-order valence-electron chi connectivity index (χ0n) is 14.3. The number of urea groups is 1. The zero-order chi connectivity index (χ0) is 19.3. The van der Waals surface area contributed by atoms with E-state index in [4.69, 9.17) is 10.5 Å². The number of nitrogens with one attached hydrogen (secondary N) is 2. The molecule has 26 heavy (non-hydrogen) atoms. The smallest absolute Gasteiger partial charge is 0.351 e. The number of anilines is 1. The van der Waals surface area contributed by atoms with Crippen LogP contribution in [0.25, 0.3) is 0 Å². The molecule has 2 rings (SSSR count). The van der Waals surface area contributed by atoms with Crippen LogP contribution in [0.4, 0.5) is 19.4 Å². The number of carbonyl (C=O) groups excluding carboxylic acids is 1. The van der Waals surface area contributed by atoms with Gasteiger partial charge in [-0.3, -0.25) is 4.57 Å². The molecule has 0 radical (unpaired) electrons. The molecule has 1 aliphatic heterocycles. The third-order valence-electron chi connectivity index (χ3n) is 4.01. The number of amides is 2. The summed E-state index contributed by atoms with van der Waals surface area (Å²) in [6.45, 7) is 2.14. The first kappa shape index (κ1) is 20.0. The summed E-state index contributed by atoms with van der Waals surface area (Å²) in [6, 6.07) is 0.623. The van der Waals surface area contributed by atoms with Crippen molar-refractivity contribution in [3.8, 4) is 0 Å². The lowest BCUT2D eigenvalue weighted by Gasteiger charge is -2.20. The van der Waals surface area contributed by atoms with Crippen molar-refractivity contribution in [3.05, 3.63) is 22.7 Å². The van der Waals surface area contributed by atoms with Crippen molar-refractivity contribution in [1.82, 2.24) is 20.2 Å². The number of nitrogens with zero attached hydrogens (tertiary/aromatic N) is 2. The number of unbranched alkanes of at least 4 members (excludes halogenated alkanes) is 2. The van der Waals surface area contributed by atoms with Gasteiger partial charge in [-0.25, -0.2) is 9.59 Å². The SMILES string of the molecule is CCCCCNC(=O)NC[C@H]1O[C@@H](n2ccc(N)nc2=O)C(F)(F)[C@@H]1O. The van der Waals surface area contributed by atoms with E-state index in [0.717, 1.165) is 25.5 Å². The number of hydrogen-bond acceptors (Lipinski definition) is 6. The number of aliphatic hydroxyl groups is 1. The molecule has 0 spiro atoms. The predicted octanol–water partition coefficient (Wildman–Crippen LogP) is 0.209. The Balaban J connectivity index is 1.97. The number of halogens is 2. The van der Waals surface area contributed by atoms with Crippen molar-refractivity contribution in [2.45, 2.75) is 50.5 Å². The largest absolute Gasteiger partial charge is 0.384 e. The van der Waals surface area contributed by atoms with Crippen molar-refractivity contribution in [2.75, 3.05) is 18.8 Å². The monoisotopic (exact) mass is 375 g/mol. The predicted molar refractivity (Wildman–Crippen MR) is 88.7 cm³/mol. The molecule has 3 atom stereocenters. The first-order valence-electron chi connectivity index (χ1n) is 8.35. The molecule has 0 aliphatic carbocycles. The number of hydrogen-bond donors (Lipinski definition) is 4. The number of aliphatic hydroxyl groups excluding tert-OH is 1. The first-order valence-corrected chi connectivity index (χ1v) is 8.35. The Morgan fingerprint density at radius 1 is 1.46 bits per heavy atom. The van der Waals surface area contributed by atoms with E-state index in [1.165, 1.54) is 6.07 Å². The van der Waals surface area contributed by atoms with Crippen LogP contribution in [-0.2, 0) is 4.74 Å². The topological polar surface area (TPSA) is 132 Å². The van der Waals surface area contributed by atoms with Crippen LogP contribution < -0.4 is 22.1 Å². The minimum Gasteiger partial charge on any atom is -0.384 e. The van der Waals surface area contributed by atoms with Gasteiger partial charge >= 0.3 is 17.6 Å². The fourth-order valence-corrected chi connectivity index (χ4v) is 2.57. The number of ether oxygens (including phenoxy) is 1. The van der Waals surface area contributed by atoms with Gasteiger partial charge in [-0.15, -0.1) is 0 Å². The van der Waals surface area contributed by atoms with Gasteiger partial charge in [0.1, 0.15) is 11.9 Å². The lowest BCUT2D eigenvalue weighted by atomic mass is 10.1. The second-order valence-corrected chi connectivity index (χ2v) is 6.03. The molecule has 0 unspecified atom stereocenters. The molecule has 2 amide bonds. The fraction of sp³-hybridized carbons (Fsp3) is 0.667. The van der Waals surface area contributed by atoms with Gasteiger partial charge in [0.15, 0.2) is 6.10 Å². The van der Waals surface area contributed by atoms with Gasteiger partial charge in [-0.1, -0.05) is 19.8 Å². The summed E-state index contributed by atoms with van der Waals surface area (Å²) < 4.78 is 34.3. The van der Waals surface area contributed by atoms with Crippen molar-refractivity contribution < 1.29 is 23.4 Å². The highest BCUT2D eigenvalue weighted by atomic mass is 19.3. The summed E-state index contributed by atoms with van der Waals surface area (Å²) in [5, 5.41) is 14.8. The third kappa shape index (κ3) is 4.47. The van der Waals surface area contributed by atoms with E-state index in [1.54, 1.807) is 0 Å². The molecule has 0 saturated carbocycles. The second-order valence-electron chi connectivity index (χ2n) is 6.03. The van der Waals surface area contributed by atoms with Crippen molar-refractivity contribution in [3.63, 3.8) is 0 Å². The van der Waals surface area contributed by atoms with E-state index in [0.29, 0.717) is 11.1 Å². The Kier molecular flexibility index (Phi) is 6.48. The van der Waals surface area contributed by atoms with E-state index < -0.39 is 36.1 Å². The summed E-state index contributed by atoms with van der Waals surface area (Å²) in [7, 11) is 0. The van der Waals surface area contributed by atoms with Crippen LogP contribution in [0.3, 0.4) is 0 Å². The molecule has 146 valence electrons. The Hall–Kier alpha value is -2.27. The quantitative estimate of drug-likeness (QED) is 0.504. The average molecular weight is 375 g/mol. The molecule has 1 fully saturated rings. The van der Waals surface area contributed by atoms with Crippen LogP contribution in [0.5, 0.6) is 0 Å². The molecule has 2 heterocycles. The highest BCUT2D eigenvalue weighted by Crippen LogP contribution is 2.41. The highest BCUT2D eigenvalue weighted by Gasteiger charge is 2.59. The van der Waals surface area contributed by atoms with Gasteiger partial charge in [0.2, 0.25) is 6.23 Å². The van der Waals surface area contributed by atoms with Gasteiger partial charge in [0, 0.05) is 19.3 Å². The molecule has 9 nitrogen and oxygen atoms in total. The molecular weight excluding hydrogens is 352 g/mol. The van der Waals surface area contributed by atoms with Crippen LogP contribution in [0, 0.1) is 0 Å². The zero-order valence-corrected chi connectivity index (χ0v) is 14.3. The number of rotatable bonds is 7. The van der Waals surface area contributed by atoms with Crippen LogP contribution >= 0.6 is 0 Å². The number of nitrogens with two attached hydrogens (primary N) is 1. The lowest BCUT2D eigenvalue weighted by Crippen LogP contribution is -2.45. The van der Waals surface area contributed by atoms with E-state index in [9.17, 15) is 23.5 Å². The Morgan fingerprint density at radius 3 is 2.85 bits per heavy atom. The van der Waals surface area contributed by atoms with E-state index in [-0.39, 0.29) is 12.4 Å². The van der Waals surface area contributed by atoms with Gasteiger partial charge in [0.25, 0.3) is 0 Å². The van der Waals surface area contributed by atoms with Crippen LogP contribution in [0.15, 0.2) is 17.1 Å². The third-order valence-corrected chi connectivity index (χ3v) is 4.01. The summed E-state index contributed by atoms with van der Waals surface area (Å²) in [6.07, 6.45) is -1.84. The van der Waals surface area contributed by atoms with Crippen LogP contribution in [-0.4, -0.2) is 51.9 Å². The molecule has 0 aromatic carbocycles. The van der Waals surface area contributed by atoms with E-state index in [1.807, 2.05) is 6.92 Å². The molecule has 1 aromatic rings. The number of carbonyl (C=O) groups is 1. The number of aromatic nitrogens is 2. The summed E-state index contributed by atoms with van der Waals surface area (Å²) in [4.78, 5) is 26.8. The minimum atomic E-state index is -3.74. The van der Waals surface area contributed by atoms with Crippen molar-refractivity contribution >= 4 is 11.8 Å². The molecule has 5 N–H and O–H groups in total. The molecule has 1 aromatic heterocycles. The van der Waals surface area contributed by atoms with Crippen molar-refractivity contribution in [2.24, 2.45) is 0 Å². The van der Waals surface area contributed by atoms with Gasteiger partial charge in [-0.2, -0.15) is 13.8 Å². The first-order chi connectivity index (χ1) is 12.3. The summed E-state index contributed by atoms with van der Waals surface area (Å²) >= 11 is 0. The van der Waals surface area contributed by atoms with Gasteiger partial charge in [-0.05, 0) is 12.5 Å². The number of nitrogen functional groups attached to an aromatic ring is 1. The normalized spacial score (nSPS) is 24.4. The molecular formula is C15H23F2N5O4. The summed E-state index contributed by atoms with van der Waals surface area (Å²) in [5.74, 6) is -3.86. The fourth-order valence-electron chi connectivity index (χ4n) is 2.57. The number of alkyl halides is 2. The molecule has 1 saturated heterocycles. The van der Waals surface area contributed by atoms with E-state index >= 15 is 0 Å². The molecule has 11 heteroatoms. The highest BCUT2D eigenvalue weighted by molar-refractivity contribution is 5.73. The molecule has 1 aliphatic rings. The maximum Gasteiger partial charge on any atom is 0.351 e. The lowest BCUT2D eigenvalue weighted by molar-refractivity contribution is -0.140. The standard InChI is InChI=1S/C15H23F2N5O4/c1-2-3-4-6-19-13(24)20-8-9-11(23)15(16,17)12(26-9)22-7-5-10(18)21-14(22)25/h5,7,9,11-12,23H,2-4,6,8H2,1H3,(H2,18,21,25)(H2,19,20,24)/t9-,11-,12-/m1/s1. The Morgan fingerprint density at radius 2 is 2.19 bits per heavy atom. The van der Waals surface area contributed by atoms with Gasteiger partial charge < -0.3 is 26.2 Å². The average Bonchev–Trinajstić information content (AvgIpc) is 2.80. The summed E-state index contributed by atoms with van der Waals surface area (Å²) in [5.41, 5.74) is 4.31. The Labute approximate surface area is 148 Å². The molecule has 0 bridgehead atoms. The van der Waals surface area contributed by atoms with Crippen LogP contribution in [0.1, 0.15) is 32.4 Å². The second kappa shape index (κ2) is 8.41. The Bertz CT molecular complexity index is 684.